The highest BCUT2D eigenvalue weighted by Crippen LogP contribution is 2.42. The molecule has 0 radical (unpaired) electrons. The highest BCUT2D eigenvalue weighted by Gasteiger charge is 2.26. The third-order valence-electron chi connectivity index (χ3n) is 5.47. The van der Waals surface area contributed by atoms with Crippen LogP contribution < -0.4 is 15.8 Å². The second kappa shape index (κ2) is 10.3. The van der Waals surface area contributed by atoms with Crippen LogP contribution in [0.4, 0.5) is 20.2 Å². The van der Waals surface area contributed by atoms with Crippen LogP contribution in [0.2, 0.25) is 0 Å². The van der Waals surface area contributed by atoms with Gasteiger partial charge in [0.2, 0.25) is 0 Å². The molecule has 198 valence electrons. The van der Waals surface area contributed by atoms with E-state index in [1.807, 2.05) is 0 Å². The van der Waals surface area contributed by atoms with E-state index >= 15 is 0 Å². The van der Waals surface area contributed by atoms with Crippen LogP contribution in [0.1, 0.15) is 38.1 Å². The number of halogens is 2. The summed E-state index contributed by atoms with van der Waals surface area (Å²) in [5.74, 6) is -0.944. The zero-order valence-corrected chi connectivity index (χ0v) is 20.4. The van der Waals surface area contributed by atoms with Crippen molar-refractivity contribution in [2.24, 2.45) is 5.73 Å². The number of amides is 2. The molecule has 4 aromatic heterocycles. The van der Waals surface area contributed by atoms with E-state index < -0.39 is 28.9 Å². The van der Waals surface area contributed by atoms with Crippen molar-refractivity contribution in [1.82, 2.24) is 4.98 Å². The maximum Gasteiger partial charge on any atom is 0.291 e. The molecule has 0 aliphatic rings. The van der Waals surface area contributed by atoms with Crippen molar-refractivity contribution in [3.8, 4) is 17.1 Å². The number of nitrogens with zero attached hydrogens (tertiary/aromatic N) is 2. The number of alkyl halides is 2. The summed E-state index contributed by atoms with van der Waals surface area (Å²) in [5.41, 5.74) is 5.07. The number of nitrogens with one attached hydrogen (secondary N) is 1. The number of nitro groups is 1. The smallest absolute Gasteiger partial charge is 0.291 e. The number of pyridine rings is 1. The molecule has 0 aliphatic carbocycles. The summed E-state index contributed by atoms with van der Waals surface area (Å²) in [6.07, 6.45) is -1.54. The van der Waals surface area contributed by atoms with E-state index in [0.29, 0.717) is 5.75 Å². The van der Waals surface area contributed by atoms with E-state index in [4.69, 9.17) is 19.3 Å². The van der Waals surface area contributed by atoms with Crippen molar-refractivity contribution in [3.05, 3.63) is 93.1 Å². The number of nitro benzene ring substituents is 1. The number of furan rings is 2. The van der Waals surface area contributed by atoms with Crippen LogP contribution in [0.3, 0.4) is 0 Å². The molecule has 0 saturated heterocycles. The molecule has 11 nitrogen and oxygen atoms in total. The monoisotopic (exact) mass is 554 g/mol. The Labute approximate surface area is 221 Å². The summed E-state index contributed by atoms with van der Waals surface area (Å²) in [6.45, 7) is -0.0814. The minimum absolute atomic E-state index is 0.0210. The normalized spacial score (nSPS) is 11.2. The number of hydrogen-bond acceptors (Lipinski definition) is 9. The van der Waals surface area contributed by atoms with Crippen molar-refractivity contribution in [2.45, 2.75) is 13.0 Å². The Morgan fingerprint density at radius 2 is 1.95 bits per heavy atom. The number of anilines is 1. The Morgan fingerprint density at radius 1 is 1.18 bits per heavy atom. The third-order valence-corrected chi connectivity index (χ3v) is 6.57. The van der Waals surface area contributed by atoms with Gasteiger partial charge in [0, 0.05) is 23.1 Å². The molecular weight excluding hydrogens is 538 g/mol. The average Bonchev–Trinajstić information content (AvgIpc) is 3.67. The SMILES string of the molecule is NC(=O)c1sc2nc(C(F)F)cc(-c3ccco3)c2c1NC(=O)c1ccc(COc2ccc([N+](=O)[O-])cc2)o1. The molecule has 5 rings (SSSR count). The third kappa shape index (κ3) is 5.17. The van der Waals surface area contributed by atoms with Gasteiger partial charge in [0.1, 0.15) is 39.3 Å². The van der Waals surface area contributed by atoms with Crippen LogP contribution in [0.5, 0.6) is 5.75 Å². The van der Waals surface area contributed by atoms with Gasteiger partial charge in [-0.25, -0.2) is 13.8 Å². The summed E-state index contributed by atoms with van der Waals surface area (Å²) < 4.78 is 43.6. The molecule has 0 bridgehead atoms. The molecule has 1 aromatic carbocycles. The molecule has 5 aromatic rings. The molecule has 0 fully saturated rings. The van der Waals surface area contributed by atoms with Gasteiger partial charge in [-0.05, 0) is 42.5 Å². The van der Waals surface area contributed by atoms with Crippen LogP contribution in [0, 0.1) is 10.1 Å². The first-order valence-electron chi connectivity index (χ1n) is 11.1. The van der Waals surface area contributed by atoms with Gasteiger partial charge in [-0.3, -0.25) is 19.7 Å². The number of fused-ring (bicyclic) bond motifs is 1. The lowest BCUT2D eigenvalue weighted by atomic mass is 10.1. The van der Waals surface area contributed by atoms with E-state index in [0.717, 1.165) is 17.4 Å². The predicted molar refractivity (Wildman–Crippen MR) is 135 cm³/mol. The molecule has 0 spiro atoms. The molecule has 0 unspecified atom stereocenters. The van der Waals surface area contributed by atoms with Crippen molar-refractivity contribution >= 4 is 44.7 Å². The maximum absolute atomic E-state index is 13.5. The van der Waals surface area contributed by atoms with Gasteiger partial charge < -0.3 is 24.6 Å². The molecule has 0 saturated carbocycles. The van der Waals surface area contributed by atoms with E-state index in [2.05, 4.69) is 10.3 Å². The summed E-state index contributed by atoms with van der Waals surface area (Å²) in [4.78, 5) is 39.4. The predicted octanol–water partition coefficient (Wildman–Crippen LogP) is 5.93. The highest BCUT2D eigenvalue weighted by molar-refractivity contribution is 7.21. The van der Waals surface area contributed by atoms with Gasteiger partial charge >= 0.3 is 0 Å². The molecule has 0 atom stereocenters. The minimum Gasteiger partial charge on any atom is -0.486 e. The number of carbonyl (C=O) groups excluding carboxylic acids is 2. The van der Waals surface area contributed by atoms with Crippen LogP contribution >= 0.6 is 11.3 Å². The van der Waals surface area contributed by atoms with Crippen molar-refractivity contribution in [2.75, 3.05) is 5.32 Å². The Balaban J connectivity index is 1.43. The molecule has 4 heterocycles. The average molecular weight is 554 g/mol. The molecule has 2 amide bonds. The zero-order valence-electron chi connectivity index (χ0n) is 19.6. The number of ether oxygens (including phenoxy) is 1. The molecule has 3 N–H and O–H groups in total. The Hall–Kier alpha value is -5.11. The van der Waals surface area contributed by atoms with Gasteiger partial charge in [0.15, 0.2) is 5.76 Å². The fourth-order valence-corrected chi connectivity index (χ4v) is 4.73. The Kier molecular flexibility index (Phi) is 6.77. The second-order valence-electron chi connectivity index (χ2n) is 7.98. The van der Waals surface area contributed by atoms with Crippen LogP contribution in [-0.4, -0.2) is 21.7 Å². The summed E-state index contributed by atoms with van der Waals surface area (Å²) in [5, 5.41) is 13.6. The second-order valence-corrected chi connectivity index (χ2v) is 8.98. The standard InChI is InChI=1S/C25H16F2N4O7S/c26-22(27)16-10-15(17-2-1-9-36-17)19-20(21(23(28)32)39-25(19)29-16)30-24(33)18-8-7-14(38-18)11-37-13-5-3-12(4-6-13)31(34)35/h1-10,22H,11H2,(H2,28,32)(H,30,33). The van der Waals surface area contributed by atoms with Gasteiger partial charge in [-0.1, -0.05) is 0 Å². The zero-order chi connectivity index (χ0) is 27.7. The van der Waals surface area contributed by atoms with Gasteiger partial charge in [-0.15, -0.1) is 11.3 Å². The summed E-state index contributed by atoms with van der Waals surface area (Å²) in [6, 6.07) is 12.5. The van der Waals surface area contributed by atoms with E-state index in [1.54, 1.807) is 12.1 Å². The number of non-ortho nitro benzene ring substituents is 1. The lowest BCUT2D eigenvalue weighted by Gasteiger charge is -2.09. The number of thiophene rings is 1. The number of primary amides is 1. The van der Waals surface area contributed by atoms with Crippen LogP contribution in [-0.2, 0) is 6.61 Å². The van der Waals surface area contributed by atoms with E-state index in [-0.39, 0.29) is 55.9 Å². The first-order chi connectivity index (χ1) is 18.7. The van der Waals surface area contributed by atoms with Gasteiger partial charge in [0.05, 0.1) is 16.9 Å². The number of carbonyl (C=O) groups is 2. The van der Waals surface area contributed by atoms with Gasteiger partial charge in [0.25, 0.3) is 23.9 Å². The lowest BCUT2D eigenvalue weighted by Crippen LogP contribution is -2.16. The maximum atomic E-state index is 13.5. The van der Waals surface area contributed by atoms with E-state index in [9.17, 15) is 28.5 Å². The van der Waals surface area contributed by atoms with E-state index in [1.165, 1.54) is 42.7 Å². The summed E-state index contributed by atoms with van der Waals surface area (Å²) in [7, 11) is 0. The first kappa shape index (κ1) is 25.5. The molecule has 39 heavy (non-hydrogen) atoms. The largest absolute Gasteiger partial charge is 0.486 e. The lowest BCUT2D eigenvalue weighted by molar-refractivity contribution is -0.384. The topological polar surface area (TPSA) is 164 Å². The van der Waals surface area contributed by atoms with Crippen LogP contribution in [0.15, 0.2) is 69.7 Å². The Morgan fingerprint density at radius 3 is 2.59 bits per heavy atom. The number of hydrogen-bond donors (Lipinski definition) is 2. The van der Waals surface area contributed by atoms with Crippen molar-refractivity contribution in [3.63, 3.8) is 0 Å². The molecule has 0 aliphatic heterocycles. The van der Waals surface area contributed by atoms with Crippen molar-refractivity contribution < 1.29 is 36.9 Å². The highest BCUT2D eigenvalue weighted by atomic mass is 32.1. The van der Waals surface area contributed by atoms with Gasteiger partial charge in [-0.2, -0.15) is 0 Å². The van der Waals surface area contributed by atoms with Crippen LogP contribution in [0.25, 0.3) is 21.5 Å². The molecule has 14 heteroatoms. The van der Waals surface area contributed by atoms with Crippen molar-refractivity contribution in [1.29, 1.82) is 0 Å². The number of benzene rings is 1. The minimum atomic E-state index is -2.89. The number of rotatable bonds is 9. The first-order valence-corrected chi connectivity index (χ1v) is 11.9. The Bertz CT molecular complexity index is 1700. The molecular formula is C25H16F2N4O7S. The quantitative estimate of drug-likeness (QED) is 0.167. The number of nitrogens with two attached hydrogens (primary N) is 1. The fourth-order valence-electron chi connectivity index (χ4n) is 3.72. The summed E-state index contributed by atoms with van der Waals surface area (Å²) >= 11 is 0.758. The fraction of sp³-hybridized carbons (Fsp3) is 0.0800. The number of aromatic nitrogens is 1.